The molecule has 136 valence electrons. The lowest BCUT2D eigenvalue weighted by Crippen LogP contribution is -2.17. The van der Waals surface area contributed by atoms with Gasteiger partial charge in [0.05, 0.1) is 12.2 Å². The maximum absolute atomic E-state index is 12.3. The highest BCUT2D eigenvalue weighted by Gasteiger charge is 2.23. The Hall–Kier alpha value is -2.27. The molecule has 1 aromatic heterocycles. The smallest absolute Gasteiger partial charge is 0.345 e. The molecule has 0 N–H and O–H groups in total. The fourth-order valence-electron chi connectivity index (χ4n) is 2.99. The summed E-state index contributed by atoms with van der Waals surface area (Å²) in [5.41, 5.74) is 1.46. The van der Waals surface area contributed by atoms with Crippen LogP contribution in [0.1, 0.15) is 36.0 Å². The summed E-state index contributed by atoms with van der Waals surface area (Å²) in [6.45, 7) is 2.79. The number of hydrogen-bond donors (Lipinski definition) is 0. The lowest BCUT2D eigenvalue weighted by molar-refractivity contribution is 0.0734. The molecule has 0 unspecified atom stereocenters. The molecule has 2 aromatic rings. The fraction of sp³-hybridized carbons (Fsp3) is 0.400. The van der Waals surface area contributed by atoms with Crippen LogP contribution in [0.15, 0.2) is 36.5 Å². The van der Waals surface area contributed by atoms with Crippen LogP contribution in [0, 0.1) is 5.92 Å². The van der Waals surface area contributed by atoms with Crippen LogP contribution in [-0.2, 0) is 0 Å². The summed E-state index contributed by atoms with van der Waals surface area (Å²) in [5.74, 6) is 0.997. The predicted molar refractivity (Wildman–Crippen MR) is 100 cm³/mol. The SMILES string of the molecule is O=C(Oc1ccc(N2CCCC2)cc1)c1cnc(OCC2CC2)c(Cl)c1. The van der Waals surface area contributed by atoms with Crippen LogP contribution < -0.4 is 14.4 Å². The third-order valence-electron chi connectivity index (χ3n) is 4.71. The van der Waals surface area contributed by atoms with E-state index >= 15 is 0 Å². The number of aromatic nitrogens is 1. The number of pyridine rings is 1. The minimum atomic E-state index is -0.484. The van der Waals surface area contributed by atoms with E-state index in [-0.39, 0.29) is 0 Å². The van der Waals surface area contributed by atoms with Crippen LogP contribution in [0.3, 0.4) is 0 Å². The molecule has 2 fully saturated rings. The van der Waals surface area contributed by atoms with Crippen LogP contribution in [0.2, 0.25) is 5.02 Å². The van der Waals surface area contributed by atoms with Gasteiger partial charge in [-0.05, 0) is 61.9 Å². The van der Waals surface area contributed by atoms with E-state index in [4.69, 9.17) is 21.1 Å². The first-order valence-corrected chi connectivity index (χ1v) is 9.42. The van der Waals surface area contributed by atoms with E-state index in [0.717, 1.165) is 18.8 Å². The molecular weight excluding hydrogens is 352 g/mol. The number of rotatable bonds is 6. The Morgan fingerprint density at radius 1 is 1.19 bits per heavy atom. The Morgan fingerprint density at radius 3 is 2.58 bits per heavy atom. The average molecular weight is 373 g/mol. The zero-order valence-electron chi connectivity index (χ0n) is 14.5. The van der Waals surface area contributed by atoms with Gasteiger partial charge in [-0.25, -0.2) is 9.78 Å². The minimum absolute atomic E-state index is 0.303. The summed E-state index contributed by atoms with van der Waals surface area (Å²) < 4.78 is 11.0. The van der Waals surface area contributed by atoms with Crippen molar-refractivity contribution in [3.8, 4) is 11.6 Å². The largest absolute Gasteiger partial charge is 0.476 e. The van der Waals surface area contributed by atoms with Gasteiger partial charge >= 0.3 is 5.97 Å². The van der Waals surface area contributed by atoms with Crippen LogP contribution >= 0.6 is 11.6 Å². The van der Waals surface area contributed by atoms with E-state index in [1.54, 1.807) is 0 Å². The van der Waals surface area contributed by atoms with Crippen molar-refractivity contribution < 1.29 is 14.3 Å². The molecule has 0 spiro atoms. The van der Waals surface area contributed by atoms with Crippen LogP contribution in [-0.4, -0.2) is 30.6 Å². The number of hydrogen-bond acceptors (Lipinski definition) is 5. The van der Waals surface area contributed by atoms with Crippen molar-refractivity contribution in [2.24, 2.45) is 5.92 Å². The normalized spacial score (nSPS) is 16.6. The standard InChI is InChI=1S/C20H21ClN2O3/c21-18-11-15(12-22-19(18)25-13-14-3-4-14)20(24)26-17-7-5-16(6-8-17)23-9-1-2-10-23/h5-8,11-12,14H,1-4,9-10,13H2. The van der Waals surface area contributed by atoms with Crippen molar-refractivity contribution in [2.45, 2.75) is 25.7 Å². The maximum Gasteiger partial charge on any atom is 0.345 e. The highest BCUT2D eigenvalue weighted by atomic mass is 35.5. The number of carbonyl (C=O) groups is 1. The first kappa shape index (κ1) is 17.2. The number of benzene rings is 1. The molecule has 2 aliphatic rings. The molecule has 1 aliphatic heterocycles. The van der Waals surface area contributed by atoms with Gasteiger partial charge < -0.3 is 14.4 Å². The third-order valence-corrected chi connectivity index (χ3v) is 4.99. The lowest BCUT2D eigenvalue weighted by Gasteiger charge is -2.17. The molecule has 5 nitrogen and oxygen atoms in total. The van der Waals surface area contributed by atoms with Crippen molar-refractivity contribution in [1.82, 2.24) is 4.98 Å². The first-order chi connectivity index (χ1) is 12.7. The Labute approximate surface area is 157 Å². The zero-order chi connectivity index (χ0) is 17.9. The summed E-state index contributed by atoms with van der Waals surface area (Å²) in [6, 6.07) is 9.13. The average Bonchev–Trinajstić information content (AvgIpc) is 3.32. The van der Waals surface area contributed by atoms with Crippen molar-refractivity contribution >= 4 is 23.3 Å². The Kier molecular flexibility index (Phi) is 4.98. The highest BCUT2D eigenvalue weighted by molar-refractivity contribution is 6.32. The summed E-state index contributed by atoms with van der Waals surface area (Å²) in [6.07, 6.45) is 6.28. The molecule has 1 saturated heterocycles. The quantitative estimate of drug-likeness (QED) is 0.557. The van der Waals surface area contributed by atoms with E-state index in [2.05, 4.69) is 9.88 Å². The van der Waals surface area contributed by atoms with E-state index in [1.165, 1.54) is 37.9 Å². The summed E-state index contributed by atoms with van der Waals surface area (Å²) in [4.78, 5) is 18.8. The van der Waals surface area contributed by atoms with Gasteiger partial charge in [0, 0.05) is 25.0 Å². The van der Waals surface area contributed by atoms with Crippen molar-refractivity contribution in [1.29, 1.82) is 0 Å². The van der Waals surface area contributed by atoms with Crippen LogP contribution in [0.4, 0.5) is 5.69 Å². The zero-order valence-corrected chi connectivity index (χ0v) is 15.2. The van der Waals surface area contributed by atoms with E-state index < -0.39 is 5.97 Å². The summed E-state index contributed by atoms with van der Waals surface area (Å²) in [7, 11) is 0. The molecule has 0 radical (unpaired) electrons. The molecule has 0 atom stereocenters. The van der Waals surface area contributed by atoms with Crippen molar-refractivity contribution in [3.05, 3.63) is 47.1 Å². The Morgan fingerprint density at radius 2 is 1.92 bits per heavy atom. The van der Waals surface area contributed by atoms with Gasteiger partial charge in [0.25, 0.3) is 0 Å². The van der Waals surface area contributed by atoms with Gasteiger partial charge in [0.2, 0.25) is 5.88 Å². The van der Waals surface area contributed by atoms with E-state index in [0.29, 0.717) is 34.7 Å². The highest BCUT2D eigenvalue weighted by Crippen LogP contribution is 2.31. The van der Waals surface area contributed by atoms with Gasteiger partial charge in [0.1, 0.15) is 10.8 Å². The molecule has 26 heavy (non-hydrogen) atoms. The molecule has 4 rings (SSSR count). The number of anilines is 1. The van der Waals surface area contributed by atoms with Gasteiger partial charge in [-0.15, -0.1) is 0 Å². The number of nitrogens with zero attached hydrogens (tertiary/aromatic N) is 2. The third kappa shape index (κ3) is 4.10. The second-order valence-corrected chi connectivity index (χ2v) is 7.25. The lowest BCUT2D eigenvalue weighted by atomic mass is 10.2. The minimum Gasteiger partial charge on any atom is -0.476 e. The molecule has 0 amide bonds. The Balaban J connectivity index is 1.38. The second kappa shape index (κ2) is 7.54. The van der Waals surface area contributed by atoms with Gasteiger partial charge in [-0.1, -0.05) is 11.6 Å². The second-order valence-electron chi connectivity index (χ2n) is 6.84. The van der Waals surface area contributed by atoms with E-state index in [9.17, 15) is 4.79 Å². The number of ether oxygens (including phenoxy) is 2. The number of halogens is 1. The first-order valence-electron chi connectivity index (χ1n) is 9.04. The van der Waals surface area contributed by atoms with Gasteiger partial charge in [-0.2, -0.15) is 0 Å². The number of carbonyl (C=O) groups excluding carboxylic acids is 1. The fourth-order valence-corrected chi connectivity index (χ4v) is 3.21. The number of esters is 1. The molecule has 1 aromatic carbocycles. The topological polar surface area (TPSA) is 51.7 Å². The van der Waals surface area contributed by atoms with Gasteiger partial charge in [0.15, 0.2) is 0 Å². The Bertz CT molecular complexity index is 784. The maximum atomic E-state index is 12.3. The van der Waals surface area contributed by atoms with E-state index in [1.807, 2.05) is 24.3 Å². The van der Waals surface area contributed by atoms with Crippen molar-refractivity contribution in [3.63, 3.8) is 0 Å². The molecule has 1 saturated carbocycles. The van der Waals surface area contributed by atoms with Gasteiger partial charge in [-0.3, -0.25) is 0 Å². The van der Waals surface area contributed by atoms with Crippen LogP contribution in [0.25, 0.3) is 0 Å². The van der Waals surface area contributed by atoms with Crippen molar-refractivity contribution in [2.75, 3.05) is 24.6 Å². The molecule has 0 bridgehead atoms. The monoisotopic (exact) mass is 372 g/mol. The van der Waals surface area contributed by atoms with Crippen LogP contribution in [0.5, 0.6) is 11.6 Å². The predicted octanol–water partition coefficient (Wildman–Crippen LogP) is 4.34. The molecule has 6 heteroatoms. The summed E-state index contributed by atoms with van der Waals surface area (Å²) >= 11 is 6.17. The molecule has 1 aliphatic carbocycles. The molecular formula is C20H21ClN2O3. The molecule has 2 heterocycles. The summed E-state index contributed by atoms with van der Waals surface area (Å²) in [5, 5.41) is 0.324.